The van der Waals surface area contributed by atoms with Crippen molar-refractivity contribution in [2.24, 2.45) is 0 Å². The van der Waals surface area contributed by atoms with Gasteiger partial charge in [0, 0.05) is 18.8 Å². The molecule has 0 aliphatic heterocycles. The standard InChI is InChI=1S/C19H33N/c1-4-6-8-9-10-13-17-20(16-7-5-2)19-15-12-11-14-18(19)3/h11-12,14-15H,4-10,13,16-17H2,1-3H3. The summed E-state index contributed by atoms with van der Waals surface area (Å²) in [5.74, 6) is 0. The van der Waals surface area contributed by atoms with Crippen LogP contribution in [0.25, 0.3) is 0 Å². The lowest BCUT2D eigenvalue weighted by Crippen LogP contribution is -2.26. The fourth-order valence-corrected chi connectivity index (χ4v) is 2.70. The SMILES string of the molecule is CCCCCCCCN(CCCC)c1ccccc1C. The van der Waals surface area contributed by atoms with Crippen LogP contribution in [0, 0.1) is 6.92 Å². The Morgan fingerprint density at radius 3 is 2.05 bits per heavy atom. The van der Waals surface area contributed by atoms with Crippen molar-refractivity contribution in [1.29, 1.82) is 0 Å². The highest BCUT2D eigenvalue weighted by Crippen LogP contribution is 2.20. The van der Waals surface area contributed by atoms with Gasteiger partial charge in [0.05, 0.1) is 0 Å². The molecule has 0 aliphatic rings. The third-order valence-corrected chi connectivity index (χ3v) is 4.02. The Labute approximate surface area is 126 Å². The molecule has 0 fully saturated rings. The van der Waals surface area contributed by atoms with Gasteiger partial charge in [0.25, 0.3) is 0 Å². The molecule has 1 heteroatoms. The third kappa shape index (κ3) is 6.45. The van der Waals surface area contributed by atoms with Gasteiger partial charge in [-0.05, 0) is 31.4 Å². The molecule has 0 heterocycles. The molecule has 0 bridgehead atoms. The van der Waals surface area contributed by atoms with Crippen LogP contribution in [0.2, 0.25) is 0 Å². The zero-order valence-corrected chi connectivity index (χ0v) is 13.8. The van der Waals surface area contributed by atoms with Crippen LogP contribution in [0.5, 0.6) is 0 Å². The summed E-state index contributed by atoms with van der Waals surface area (Å²) >= 11 is 0. The largest absolute Gasteiger partial charge is 0.371 e. The first-order valence-corrected chi connectivity index (χ1v) is 8.60. The summed E-state index contributed by atoms with van der Waals surface area (Å²) in [6.45, 7) is 9.22. The summed E-state index contributed by atoms with van der Waals surface area (Å²) < 4.78 is 0. The van der Waals surface area contributed by atoms with E-state index in [9.17, 15) is 0 Å². The van der Waals surface area contributed by atoms with Crippen molar-refractivity contribution in [2.75, 3.05) is 18.0 Å². The topological polar surface area (TPSA) is 3.24 Å². The van der Waals surface area contributed by atoms with E-state index in [4.69, 9.17) is 0 Å². The summed E-state index contributed by atoms with van der Waals surface area (Å²) in [6.07, 6.45) is 10.8. The predicted octanol–water partition coefficient (Wildman–Crippen LogP) is 5.96. The maximum Gasteiger partial charge on any atom is 0.0395 e. The maximum absolute atomic E-state index is 2.60. The average Bonchev–Trinajstić information content (AvgIpc) is 2.47. The van der Waals surface area contributed by atoms with Gasteiger partial charge in [-0.3, -0.25) is 0 Å². The van der Waals surface area contributed by atoms with Gasteiger partial charge in [-0.25, -0.2) is 0 Å². The van der Waals surface area contributed by atoms with Crippen molar-refractivity contribution in [3.05, 3.63) is 29.8 Å². The van der Waals surface area contributed by atoms with Gasteiger partial charge in [-0.15, -0.1) is 0 Å². The number of nitrogens with zero attached hydrogens (tertiary/aromatic N) is 1. The number of aryl methyl sites for hydroxylation is 1. The van der Waals surface area contributed by atoms with Crippen molar-refractivity contribution in [3.8, 4) is 0 Å². The summed E-state index contributed by atoms with van der Waals surface area (Å²) in [5, 5.41) is 0. The van der Waals surface area contributed by atoms with Gasteiger partial charge < -0.3 is 4.90 Å². The summed E-state index contributed by atoms with van der Waals surface area (Å²) in [6, 6.07) is 8.82. The van der Waals surface area contributed by atoms with Crippen LogP contribution in [-0.4, -0.2) is 13.1 Å². The van der Waals surface area contributed by atoms with Gasteiger partial charge in [-0.2, -0.15) is 0 Å². The first kappa shape index (κ1) is 17.1. The maximum atomic E-state index is 2.60. The predicted molar refractivity (Wildman–Crippen MR) is 91.7 cm³/mol. The number of rotatable bonds is 11. The molecule has 0 atom stereocenters. The molecule has 0 saturated carbocycles. The molecule has 1 rings (SSSR count). The molecule has 1 aromatic carbocycles. The second-order valence-corrected chi connectivity index (χ2v) is 5.89. The first-order chi connectivity index (χ1) is 9.79. The minimum Gasteiger partial charge on any atom is -0.371 e. The zero-order valence-electron chi connectivity index (χ0n) is 13.8. The number of hydrogen-bond donors (Lipinski definition) is 0. The van der Waals surface area contributed by atoms with Crippen molar-refractivity contribution in [3.63, 3.8) is 0 Å². The normalized spacial score (nSPS) is 10.8. The van der Waals surface area contributed by atoms with Crippen LogP contribution < -0.4 is 4.90 Å². The molecule has 0 N–H and O–H groups in total. The molecule has 0 saturated heterocycles. The third-order valence-electron chi connectivity index (χ3n) is 4.02. The van der Waals surface area contributed by atoms with E-state index in [-0.39, 0.29) is 0 Å². The highest BCUT2D eigenvalue weighted by atomic mass is 15.1. The second-order valence-electron chi connectivity index (χ2n) is 5.89. The highest BCUT2D eigenvalue weighted by Gasteiger charge is 2.07. The number of anilines is 1. The van der Waals surface area contributed by atoms with Crippen LogP contribution in [0.4, 0.5) is 5.69 Å². The molecular formula is C19H33N. The number of unbranched alkanes of at least 4 members (excludes halogenated alkanes) is 6. The van der Waals surface area contributed by atoms with Crippen molar-refractivity contribution >= 4 is 5.69 Å². The van der Waals surface area contributed by atoms with E-state index in [1.165, 1.54) is 75.7 Å². The van der Waals surface area contributed by atoms with Crippen LogP contribution in [0.1, 0.15) is 70.8 Å². The van der Waals surface area contributed by atoms with Crippen LogP contribution in [-0.2, 0) is 0 Å². The quantitative estimate of drug-likeness (QED) is 0.450. The Bertz CT molecular complexity index is 345. The van der Waals surface area contributed by atoms with Crippen LogP contribution in [0.3, 0.4) is 0 Å². The van der Waals surface area contributed by atoms with Gasteiger partial charge in [-0.1, -0.05) is 70.6 Å². The van der Waals surface area contributed by atoms with E-state index in [0.29, 0.717) is 0 Å². The number of para-hydroxylation sites is 1. The zero-order chi connectivity index (χ0) is 14.6. The molecule has 1 aromatic rings. The monoisotopic (exact) mass is 275 g/mol. The van der Waals surface area contributed by atoms with E-state index >= 15 is 0 Å². The lowest BCUT2D eigenvalue weighted by atomic mass is 10.1. The molecule has 114 valence electrons. The summed E-state index contributed by atoms with van der Waals surface area (Å²) in [7, 11) is 0. The number of benzene rings is 1. The lowest BCUT2D eigenvalue weighted by Gasteiger charge is -2.26. The van der Waals surface area contributed by atoms with E-state index < -0.39 is 0 Å². The molecule has 20 heavy (non-hydrogen) atoms. The molecular weight excluding hydrogens is 242 g/mol. The van der Waals surface area contributed by atoms with Crippen molar-refractivity contribution in [1.82, 2.24) is 0 Å². The van der Waals surface area contributed by atoms with E-state index in [1.54, 1.807) is 0 Å². The summed E-state index contributed by atoms with van der Waals surface area (Å²) in [5.41, 5.74) is 2.85. The molecule has 1 nitrogen and oxygen atoms in total. The Kier molecular flexibility index (Phi) is 9.19. The van der Waals surface area contributed by atoms with Crippen molar-refractivity contribution in [2.45, 2.75) is 72.1 Å². The molecule has 0 aliphatic carbocycles. The average molecular weight is 275 g/mol. The number of hydrogen-bond acceptors (Lipinski definition) is 1. The summed E-state index contributed by atoms with van der Waals surface area (Å²) in [4.78, 5) is 2.60. The second kappa shape index (κ2) is 10.8. The molecule has 0 amide bonds. The van der Waals surface area contributed by atoms with Gasteiger partial charge >= 0.3 is 0 Å². The van der Waals surface area contributed by atoms with Gasteiger partial charge in [0.15, 0.2) is 0 Å². The first-order valence-electron chi connectivity index (χ1n) is 8.60. The van der Waals surface area contributed by atoms with E-state index in [2.05, 4.69) is 49.9 Å². The Morgan fingerprint density at radius 2 is 1.35 bits per heavy atom. The van der Waals surface area contributed by atoms with Crippen molar-refractivity contribution < 1.29 is 0 Å². The fourth-order valence-electron chi connectivity index (χ4n) is 2.70. The van der Waals surface area contributed by atoms with E-state index in [0.717, 1.165) is 0 Å². The highest BCUT2D eigenvalue weighted by molar-refractivity contribution is 5.52. The lowest BCUT2D eigenvalue weighted by molar-refractivity contribution is 0.593. The Balaban J connectivity index is 2.42. The minimum atomic E-state index is 1.20. The van der Waals surface area contributed by atoms with Crippen LogP contribution >= 0.6 is 0 Å². The van der Waals surface area contributed by atoms with E-state index in [1.807, 2.05) is 0 Å². The molecule has 0 spiro atoms. The Morgan fingerprint density at radius 1 is 0.750 bits per heavy atom. The smallest absolute Gasteiger partial charge is 0.0395 e. The fraction of sp³-hybridized carbons (Fsp3) is 0.684. The van der Waals surface area contributed by atoms with Gasteiger partial charge in [0.2, 0.25) is 0 Å². The molecule has 0 aromatic heterocycles. The minimum absolute atomic E-state index is 1.20. The molecule has 0 radical (unpaired) electrons. The van der Waals surface area contributed by atoms with Gasteiger partial charge in [0.1, 0.15) is 0 Å². The molecule has 0 unspecified atom stereocenters. The Hall–Kier alpha value is -0.980. The van der Waals surface area contributed by atoms with Crippen LogP contribution in [0.15, 0.2) is 24.3 Å².